The summed E-state index contributed by atoms with van der Waals surface area (Å²) in [5.74, 6) is -2.56. The van der Waals surface area contributed by atoms with Crippen molar-refractivity contribution in [3.05, 3.63) is 16.3 Å². The summed E-state index contributed by atoms with van der Waals surface area (Å²) in [6, 6.07) is -0.936. The number of aryl methyl sites for hydroxylation is 1. The summed E-state index contributed by atoms with van der Waals surface area (Å²) in [5.41, 5.74) is 0.497. The van der Waals surface area contributed by atoms with Crippen LogP contribution in [0.3, 0.4) is 0 Å². The lowest BCUT2D eigenvalue weighted by Crippen LogP contribution is -2.70. The smallest absolute Gasteiger partial charge is 0.352 e. The molecule has 2 amide bonds. The van der Waals surface area contributed by atoms with E-state index in [9.17, 15) is 27.9 Å². The fourth-order valence-corrected chi connectivity index (χ4v) is 6.59. The highest BCUT2D eigenvalue weighted by atomic mass is 32.2. The molecule has 1 aromatic heterocycles. The van der Waals surface area contributed by atoms with Crippen LogP contribution in [0.1, 0.15) is 5.01 Å². The van der Waals surface area contributed by atoms with Gasteiger partial charge in [-0.1, -0.05) is 23.1 Å². The first kappa shape index (κ1) is 21.1. The van der Waals surface area contributed by atoms with Crippen molar-refractivity contribution in [3.8, 4) is 0 Å². The number of carbonyl (C=O) groups is 3. The summed E-state index contributed by atoms with van der Waals surface area (Å²) in [7, 11) is -3.52. The van der Waals surface area contributed by atoms with Crippen LogP contribution in [0.5, 0.6) is 0 Å². The van der Waals surface area contributed by atoms with Crippen LogP contribution in [0.2, 0.25) is 0 Å². The van der Waals surface area contributed by atoms with Gasteiger partial charge in [-0.25, -0.2) is 13.2 Å². The first-order valence-corrected chi connectivity index (χ1v) is 12.8. The number of carboxylic acid groups (broad SMARTS) is 1. The molecule has 2 aliphatic heterocycles. The van der Waals surface area contributed by atoms with E-state index in [1.807, 2.05) is 6.92 Å². The molecule has 1 saturated heterocycles. The van der Waals surface area contributed by atoms with Gasteiger partial charge >= 0.3 is 5.97 Å². The van der Waals surface area contributed by atoms with E-state index < -0.39 is 44.8 Å². The third-order valence-corrected chi connectivity index (χ3v) is 8.02. The van der Waals surface area contributed by atoms with Gasteiger partial charge < -0.3 is 10.4 Å². The lowest BCUT2D eigenvalue weighted by molar-refractivity contribution is -0.150. The number of carbonyl (C=O) groups excluding carboxylic acids is 2. The van der Waals surface area contributed by atoms with Gasteiger partial charge in [-0.2, -0.15) is 0 Å². The number of aliphatic carboxylic acids is 1. The first-order valence-electron chi connectivity index (χ1n) is 7.87. The summed E-state index contributed by atoms with van der Waals surface area (Å²) in [4.78, 5) is 37.2. The molecule has 0 radical (unpaired) electrons. The fraction of sp³-hybridized carbons (Fsp3) is 0.500. The number of β-lactam (4-membered cyclic amide) rings is 1. The lowest BCUT2D eigenvalue weighted by Gasteiger charge is -2.49. The van der Waals surface area contributed by atoms with Crippen molar-refractivity contribution in [1.82, 2.24) is 20.4 Å². The third kappa shape index (κ3) is 4.50. The van der Waals surface area contributed by atoms with Crippen molar-refractivity contribution in [3.63, 3.8) is 0 Å². The Bertz CT molecular complexity index is 972. The molecule has 2 N–H and O–H groups in total. The number of aromatic nitrogens is 2. The predicted octanol–water partition coefficient (Wildman–Crippen LogP) is -0.278. The molecule has 0 saturated carbocycles. The zero-order valence-corrected chi connectivity index (χ0v) is 18.0. The van der Waals surface area contributed by atoms with Gasteiger partial charge in [0.05, 0.1) is 0 Å². The van der Waals surface area contributed by atoms with Crippen molar-refractivity contribution < 1.29 is 27.9 Å². The van der Waals surface area contributed by atoms with E-state index in [1.165, 1.54) is 34.9 Å². The molecular weight excluding hydrogens is 448 g/mol. The summed E-state index contributed by atoms with van der Waals surface area (Å²) in [5, 5.41) is 20.1. The zero-order chi connectivity index (χ0) is 20.6. The van der Waals surface area contributed by atoms with Gasteiger partial charge in [0.1, 0.15) is 27.9 Å². The maximum Gasteiger partial charge on any atom is 0.352 e. The molecule has 0 aromatic carbocycles. The maximum absolute atomic E-state index is 12.5. The maximum atomic E-state index is 12.5. The average molecular weight is 465 g/mol. The van der Waals surface area contributed by atoms with Gasteiger partial charge in [0, 0.05) is 17.8 Å². The van der Waals surface area contributed by atoms with Gasteiger partial charge in [0.15, 0.2) is 14.2 Å². The predicted molar refractivity (Wildman–Crippen MR) is 105 cm³/mol. The molecule has 2 atom stereocenters. The van der Waals surface area contributed by atoms with Crippen molar-refractivity contribution >= 4 is 62.5 Å². The Morgan fingerprint density at radius 1 is 1.39 bits per heavy atom. The number of hydrogen-bond acceptors (Lipinski definition) is 10. The standard InChI is InChI=1S/C14H16N4O6S4/c1-6-16-17-14(27-6)26-4-7-3-25-12-9(15-8(19)5-28(2,23)24)11(20)18(12)10(7)13(21)22/h9,12H,3-5H2,1-2H3,(H,15,19)(H,21,22)/t9?,12-/m0/s1. The number of nitrogens with zero attached hydrogens (tertiary/aromatic N) is 3. The second kappa shape index (κ2) is 8.00. The summed E-state index contributed by atoms with van der Waals surface area (Å²) in [6.45, 7) is 1.82. The van der Waals surface area contributed by atoms with Crippen LogP contribution in [0.15, 0.2) is 15.6 Å². The Morgan fingerprint density at radius 3 is 2.68 bits per heavy atom. The highest BCUT2D eigenvalue weighted by Crippen LogP contribution is 2.41. The van der Waals surface area contributed by atoms with E-state index in [4.69, 9.17) is 0 Å². The van der Waals surface area contributed by atoms with Crippen molar-refractivity contribution in [2.75, 3.05) is 23.5 Å². The normalized spacial score (nSPS) is 21.9. The number of thioether (sulfide) groups is 2. The van der Waals surface area contributed by atoms with Crippen LogP contribution in [0, 0.1) is 6.92 Å². The Hall–Kier alpha value is -1.64. The van der Waals surface area contributed by atoms with Gasteiger partial charge in [-0.05, 0) is 12.5 Å². The molecule has 28 heavy (non-hydrogen) atoms. The third-order valence-electron chi connectivity index (χ3n) is 3.84. The van der Waals surface area contributed by atoms with E-state index in [0.717, 1.165) is 16.2 Å². The monoisotopic (exact) mass is 464 g/mol. The number of amides is 2. The van der Waals surface area contributed by atoms with Crippen molar-refractivity contribution in [2.24, 2.45) is 0 Å². The largest absolute Gasteiger partial charge is 0.477 e. The molecular formula is C14H16N4O6S4. The minimum absolute atomic E-state index is 0.0869. The van der Waals surface area contributed by atoms with E-state index in [0.29, 0.717) is 21.4 Å². The number of fused-ring (bicyclic) bond motifs is 1. The molecule has 3 rings (SSSR count). The van der Waals surface area contributed by atoms with Crippen LogP contribution in [-0.4, -0.2) is 81.3 Å². The molecule has 152 valence electrons. The van der Waals surface area contributed by atoms with Crippen LogP contribution in [0.4, 0.5) is 0 Å². The number of hydrogen-bond donors (Lipinski definition) is 2. The topological polar surface area (TPSA) is 147 Å². The van der Waals surface area contributed by atoms with E-state index in [-0.39, 0.29) is 5.70 Å². The molecule has 3 heterocycles. The number of sulfone groups is 1. The van der Waals surface area contributed by atoms with Crippen LogP contribution >= 0.6 is 34.9 Å². The van der Waals surface area contributed by atoms with Gasteiger partial charge in [0.2, 0.25) is 5.91 Å². The quantitative estimate of drug-likeness (QED) is 0.408. The molecule has 1 aromatic rings. The molecule has 1 unspecified atom stereocenters. The Labute approximate surface area is 173 Å². The molecule has 1 fully saturated rings. The minimum atomic E-state index is -3.52. The Balaban J connectivity index is 1.72. The SMILES string of the molecule is Cc1nnc(SCC2=C(C(=O)O)N3C(=O)C(NC(=O)CS(C)(=O)=O)[C@@H]3SC2)s1. The van der Waals surface area contributed by atoms with E-state index >= 15 is 0 Å². The van der Waals surface area contributed by atoms with Crippen LogP contribution < -0.4 is 5.32 Å². The second-order valence-electron chi connectivity index (χ2n) is 6.16. The molecule has 10 nitrogen and oxygen atoms in total. The molecule has 14 heteroatoms. The summed E-state index contributed by atoms with van der Waals surface area (Å²) < 4.78 is 23.1. The van der Waals surface area contributed by atoms with E-state index in [1.54, 1.807) is 0 Å². The highest BCUT2D eigenvalue weighted by molar-refractivity contribution is 8.01. The highest BCUT2D eigenvalue weighted by Gasteiger charge is 2.54. The van der Waals surface area contributed by atoms with Gasteiger partial charge in [-0.3, -0.25) is 14.5 Å². The first-order chi connectivity index (χ1) is 13.1. The molecule has 0 aliphatic carbocycles. The van der Waals surface area contributed by atoms with Gasteiger partial charge in [-0.15, -0.1) is 22.0 Å². The summed E-state index contributed by atoms with van der Waals surface area (Å²) >= 11 is 4.08. The van der Waals surface area contributed by atoms with Crippen molar-refractivity contribution in [2.45, 2.75) is 22.7 Å². The minimum Gasteiger partial charge on any atom is -0.477 e. The number of carboxylic acids is 1. The molecule has 0 spiro atoms. The zero-order valence-electron chi connectivity index (χ0n) is 14.7. The van der Waals surface area contributed by atoms with Gasteiger partial charge in [0.25, 0.3) is 5.91 Å². The lowest BCUT2D eigenvalue weighted by atomic mass is 10.0. The van der Waals surface area contributed by atoms with Crippen LogP contribution in [0.25, 0.3) is 0 Å². The van der Waals surface area contributed by atoms with E-state index in [2.05, 4.69) is 15.5 Å². The molecule has 2 aliphatic rings. The Morgan fingerprint density at radius 2 is 2.11 bits per heavy atom. The molecule has 0 bridgehead atoms. The number of rotatable bonds is 7. The fourth-order valence-electron chi connectivity index (χ4n) is 2.73. The average Bonchev–Trinajstić information content (AvgIpc) is 3.00. The van der Waals surface area contributed by atoms with Crippen LogP contribution in [-0.2, 0) is 24.2 Å². The number of nitrogens with one attached hydrogen (secondary N) is 1. The summed E-state index contributed by atoms with van der Waals surface area (Å²) in [6.07, 6.45) is 0.922. The second-order valence-corrected chi connectivity index (χ2v) is 11.8. The Kier molecular flexibility index (Phi) is 6.03. The van der Waals surface area contributed by atoms with Crippen molar-refractivity contribution in [1.29, 1.82) is 0 Å².